The van der Waals surface area contributed by atoms with E-state index >= 15 is 0 Å². The monoisotopic (exact) mass is 367 g/mol. The van der Waals surface area contributed by atoms with Crippen LogP contribution in [0.15, 0.2) is 53.1 Å². The van der Waals surface area contributed by atoms with Crippen LogP contribution in [0, 0.1) is 5.92 Å². The molecule has 1 fully saturated rings. The Labute approximate surface area is 144 Å². The summed E-state index contributed by atoms with van der Waals surface area (Å²) in [5, 5.41) is 13.2. The fourth-order valence-corrected chi connectivity index (χ4v) is 3.22. The normalized spacial score (nSPS) is 15.6. The zero-order valence-electron chi connectivity index (χ0n) is 13.0. The van der Waals surface area contributed by atoms with Crippen LogP contribution in [0.5, 0.6) is 0 Å². The third-order valence-electron chi connectivity index (χ3n) is 4.53. The van der Waals surface area contributed by atoms with E-state index in [1.165, 1.54) is 18.4 Å². The third kappa shape index (κ3) is 3.08. The van der Waals surface area contributed by atoms with E-state index in [1.54, 1.807) is 0 Å². The van der Waals surface area contributed by atoms with Crippen molar-refractivity contribution >= 4 is 32.5 Å². The Morgan fingerprint density at radius 2 is 1.83 bits per heavy atom. The molecule has 0 spiro atoms. The van der Waals surface area contributed by atoms with Crippen LogP contribution >= 0.6 is 15.9 Å². The Balaban J connectivity index is 1.70. The van der Waals surface area contributed by atoms with E-state index in [0.29, 0.717) is 6.04 Å². The average molecular weight is 368 g/mol. The summed E-state index contributed by atoms with van der Waals surface area (Å²) in [6, 6.07) is 15.2. The zero-order chi connectivity index (χ0) is 15.8. The molecule has 116 valence electrons. The highest BCUT2D eigenvalue weighted by atomic mass is 79.9. The fourth-order valence-electron chi connectivity index (χ4n) is 2.96. The molecule has 2 aromatic carbocycles. The van der Waals surface area contributed by atoms with Gasteiger partial charge < -0.3 is 5.32 Å². The Morgan fingerprint density at radius 3 is 2.57 bits per heavy atom. The number of nitrogens with one attached hydrogen (secondary N) is 1. The number of rotatable bonds is 4. The van der Waals surface area contributed by atoms with Gasteiger partial charge in [0.25, 0.3) is 0 Å². The van der Waals surface area contributed by atoms with E-state index in [2.05, 4.69) is 80.8 Å². The molecular weight excluding hydrogens is 350 g/mol. The van der Waals surface area contributed by atoms with Crippen LogP contribution in [0.2, 0.25) is 0 Å². The maximum atomic E-state index is 4.31. The largest absolute Gasteiger partial charge is 0.380 e. The molecule has 0 radical (unpaired) electrons. The Hall–Kier alpha value is -1.94. The van der Waals surface area contributed by atoms with Gasteiger partial charge in [0.2, 0.25) is 0 Å². The lowest BCUT2D eigenvalue weighted by Crippen LogP contribution is -2.17. The minimum atomic E-state index is 0.494. The molecular formula is C19H18BrN3. The van der Waals surface area contributed by atoms with Gasteiger partial charge in [-0.15, -0.1) is 0 Å². The molecule has 1 atom stereocenters. The topological polar surface area (TPSA) is 37.8 Å². The number of fused-ring (bicyclic) bond motifs is 1. The smallest absolute Gasteiger partial charge is 0.0956 e. The van der Waals surface area contributed by atoms with Gasteiger partial charge in [0.15, 0.2) is 0 Å². The molecule has 1 aliphatic carbocycles. The lowest BCUT2D eigenvalue weighted by atomic mass is 10.0. The number of hydrogen-bond donors (Lipinski definition) is 1. The van der Waals surface area contributed by atoms with Crippen LogP contribution < -0.4 is 5.32 Å². The van der Waals surface area contributed by atoms with Gasteiger partial charge in [-0.3, -0.25) is 0 Å². The summed E-state index contributed by atoms with van der Waals surface area (Å²) < 4.78 is 1.09. The fraction of sp³-hybridized carbons (Fsp3) is 0.263. The van der Waals surface area contributed by atoms with Gasteiger partial charge in [0.1, 0.15) is 0 Å². The lowest BCUT2D eigenvalue weighted by Gasteiger charge is -2.15. The summed E-state index contributed by atoms with van der Waals surface area (Å²) in [6.45, 7) is 2.25. The summed E-state index contributed by atoms with van der Waals surface area (Å²) in [4.78, 5) is 0. The van der Waals surface area contributed by atoms with Gasteiger partial charge in [-0.25, -0.2) is 0 Å². The molecule has 1 aliphatic rings. The van der Waals surface area contributed by atoms with Crippen molar-refractivity contribution in [2.24, 2.45) is 5.92 Å². The summed E-state index contributed by atoms with van der Waals surface area (Å²) in [5.41, 5.74) is 4.35. The highest BCUT2D eigenvalue weighted by Crippen LogP contribution is 2.35. The molecule has 0 aliphatic heterocycles. The molecule has 0 bridgehead atoms. The van der Waals surface area contributed by atoms with Gasteiger partial charge >= 0.3 is 0 Å². The minimum absolute atomic E-state index is 0.494. The summed E-state index contributed by atoms with van der Waals surface area (Å²) in [5.74, 6) is 0.806. The molecule has 1 N–H and O–H groups in total. The van der Waals surface area contributed by atoms with Gasteiger partial charge in [0, 0.05) is 15.9 Å². The third-order valence-corrected chi connectivity index (χ3v) is 5.06. The average Bonchev–Trinajstić information content (AvgIpc) is 3.40. The van der Waals surface area contributed by atoms with E-state index in [-0.39, 0.29) is 0 Å². The van der Waals surface area contributed by atoms with Crippen molar-refractivity contribution in [2.75, 3.05) is 5.32 Å². The van der Waals surface area contributed by atoms with E-state index in [9.17, 15) is 0 Å². The maximum absolute atomic E-state index is 4.31. The second-order valence-electron chi connectivity index (χ2n) is 6.27. The number of hydrogen-bond acceptors (Lipinski definition) is 3. The van der Waals surface area contributed by atoms with E-state index in [0.717, 1.165) is 32.5 Å². The van der Waals surface area contributed by atoms with Crippen molar-refractivity contribution in [3.8, 4) is 11.1 Å². The van der Waals surface area contributed by atoms with Crippen LogP contribution in [-0.2, 0) is 0 Å². The summed E-state index contributed by atoms with van der Waals surface area (Å²) >= 11 is 3.48. The number of anilines is 1. The van der Waals surface area contributed by atoms with Crippen LogP contribution in [-0.4, -0.2) is 16.2 Å². The molecule has 0 unspecified atom stereocenters. The zero-order valence-corrected chi connectivity index (χ0v) is 14.5. The molecule has 23 heavy (non-hydrogen) atoms. The van der Waals surface area contributed by atoms with E-state index < -0.39 is 0 Å². The van der Waals surface area contributed by atoms with Gasteiger partial charge in [-0.1, -0.05) is 34.1 Å². The molecule has 4 heteroatoms. The lowest BCUT2D eigenvalue weighted by molar-refractivity contribution is 0.694. The molecule has 3 nitrogen and oxygen atoms in total. The maximum Gasteiger partial charge on any atom is 0.0956 e. The van der Waals surface area contributed by atoms with Gasteiger partial charge in [-0.05, 0) is 61.1 Å². The molecule has 1 saturated carbocycles. The highest BCUT2D eigenvalue weighted by Gasteiger charge is 2.28. The second kappa shape index (κ2) is 5.93. The van der Waals surface area contributed by atoms with Gasteiger partial charge in [-0.2, -0.15) is 10.2 Å². The molecule has 0 amide bonds. The molecule has 0 saturated heterocycles. The molecule has 4 rings (SSSR count). The van der Waals surface area contributed by atoms with Crippen LogP contribution in [0.25, 0.3) is 22.0 Å². The Morgan fingerprint density at radius 1 is 1.09 bits per heavy atom. The first-order valence-electron chi connectivity index (χ1n) is 7.98. The first-order valence-corrected chi connectivity index (χ1v) is 8.78. The summed E-state index contributed by atoms with van der Waals surface area (Å²) in [6.07, 6.45) is 4.50. The van der Waals surface area contributed by atoms with E-state index in [4.69, 9.17) is 0 Å². The number of nitrogens with zero attached hydrogens (tertiary/aromatic N) is 2. The SMILES string of the molecule is C[C@@H](Nc1cnnc2cc(-c3ccc(Br)cc3)ccc12)C1CC1. The predicted molar refractivity (Wildman–Crippen MR) is 98.5 cm³/mol. The van der Waals surface area contributed by atoms with Crippen LogP contribution in [0.3, 0.4) is 0 Å². The first-order chi connectivity index (χ1) is 11.2. The molecule has 1 aromatic heterocycles. The predicted octanol–water partition coefficient (Wildman–Crippen LogP) is 5.27. The first kappa shape index (κ1) is 14.6. The van der Waals surface area contributed by atoms with Gasteiger partial charge in [0.05, 0.1) is 17.4 Å². The van der Waals surface area contributed by atoms with E-state index in [1.807, 2.05) is 6.20 Å². The van der Waals surface area contributed by atoms with Crippen molar-refractivity contribution in [1.82, 2.24) is 10.2 Å². The highest BCUT2D eigenvalue weighted by molar-refractivity contribution is 9.10. The second-order valence-corrected chi connectivity index (χ2v) is 7.18. The van der Waals surface area contributed by atoms with Crippen molar-refractivity contribution in [2.45, 2.75) is 25.8 Å². The standard InChI is InChI=1S/C19H18BrN3/c1-12(13-2-3-13)22-19-11-21-23-18-10-15(6-9-17(18)19)14-4-7-16(20)8-5-14/h4-13H,2-3H2,1H3,(H,22,23)/t12-/m1/s1. The minimum Gasteiger partial charge on any atom is -0.380 e. The number of aromatic nitrogens is 2. The van der Waals surface area contributed by atoms with Crippen molar-refractivity contribution in [3.05, 3.63) is 53.1 Å². The Kier molecular flexibility index (Phi) is 3.77. The molecule has 1 heterocycles. The van der Waals surface area contributed by atoms with Crippen molar-refractivity contribution in [1.29, 1.82) is 0 Å². The van der Waals surface area contributed by atoms with Crippen LogP contribution in [0.1, 0.15) is 19.8 Å². The Bertz CT molecular complexity index is 841. The quantitative estimate of drug-likeness (QED) is 0.682. The summed E-state index contributed by atoms with van der Waals surface area (Å²) in [7, 11) is 0. The molecule has 3 aromatic rings. The van der Waals surface area contributed by atoms with Crippen molar-refractivity contribution < 1.29 is 0 Å². The van der Waals surface area contributed by atoms with Crippen molar-refractivity contribution in [3.63, 3.8) is 0 Å². The number of benzene rings is 2. The van der Waals surface area contributed by atoms with Crippen LogP contribution in [0.4, 0.5) is 5.69 Å². The number of halogens is 1.